The minimum atomic E-state index is -1.50. The lowest BCUT2D eigenvalue weighted by Gasteiger charge is -2.32. The summed E-state index contributed by atoms with van der Waals surface area (Å²) in [5.41, 5.74) is 6.54. The number of carboxylic acids is 1. The smallest absolute Gasteiger partial charge is 0.328 e. The van der Waals surface area contributed by atoms with Gasteiger partial charge in [-0.25, -0.2) is 14.4 Å². The molecule has 228 valence electrons. The van der Waals surface area contributed by atoms with Crippen LogP contribution < -0.4 is 21.7 Å². The van der Waals surface area contributed by atoms with Crippen LogP contribution in [0.1, 0.15) is 29.2 Å². The van der Waals surface area contributed by atoms with E-state index in [1.54, 1.807) is 79.7 Å². The summed E-state index contributed by atoms with van der Waals surface area (Å²) in [5.74, 6) is -2.99. The predicted octanol–water partition coefficient (Wildman–Crippen LogP) is 1.72. The molecule has 0 aliphatic carbocycles. The Morgan fingerprint density at radius 1 is 0.909 bits per heavy atom. The highest BCUT2D eigenvalue weighted by molar-refractivity contribution is 6.09. The van der Waals surface area contributed by atoms with E-state index in [1.165, 1.54) is 4.90 Å². The molecule has 3 aromatic rings. The number of amidine groups is 1. The van der Waals surface area contributed by atoms with Gasteiger partial charge in [0.2, 0.25) is 5.91 Å². The van der Waals surface area contributed by atoms with Gasteiger partial charge < -0.3 is 31.7 Å². The maximum absolute atomic E-state index is 13.8. The molecular weight excluding hydrogens is 566 g/mol. The highest BCUT2D eigenvalue weighted by Crippen LogP contribution is 2.38. The minimum absolute atomic E-state index is 0.0671. The van der Waals surface area contributed by atoms with Crippen molar-refractivity contribution in [3.8, 4) is 0 Å². The Morgan fingerprint density at radius 2 is 1.50 bits per heavy atom. The third kappa shape index (κ3) is 7.01. The number of rotatable bonds is 12. The van der Waals surface area contributed by atoms with Gasteiger partial charge in [-0.05, 0) is 23.6 Å². The lowest BCUT2D eigenvalue weighted by molar-refractivity contribution is -0.139. The molecular formula is C31H33N7O6. The van der Waals surface area contributed by atoms with Crippen molar-refractivity contribution in [2.75, 3.05) is 13.1 Å². The average molecular weight is 600 g/mol. The SMILES string of the molecule is C[C@]1(c2ccc(C(=N)N)cc2)C(=O)N(CC(=O)NC[C@H](NC(=O)NCc2ccccc2)C(=O)O)C(=O)N1Cc1ccccc1. The summed E-state index contributed by atoms with van der Waals surface area (Å²) in [4.78, 5) is 66.6. The average Bonchev–Trinajstić information content (AvgIpc) is 3.19. The van der Waals surface area contributed by atoms with Crippen molar-refractivity contribution in [2.45, 2.75) is 31.6 Å². The second kappa shape index (κ2) is 13.5. The van der Waals surface area contributed by atoms with Gasteiger partial charge in [-0.15, -0.1) is 0 Å². The number of nitrogen functional groups attached to an aromatic ring is 1. The van der Waals surface area contributed by atoms with Crippen LogP contribution in [0.3, 0.4) is 0 Å². The van der Waals surface area contributed by atoms with E-state index in [4.69, 9.17) is 11.1 Å². The Balaban J connectivity index is 1.45. The Bertz CT molecular complexity index is 1550. The number of carbonyl (C=O) groups excluding carboxylic acids is 4. The molecule has 6 amide bonds. The molecule has 0 spiro atoms. The molecule has 1 saturated heterocycles. The zero-order chi connectivity index (χ0) is 31.9. The van der Waals surface area contributed by atoms with Crippen LogP contribution >= 0.6 is 0 Å². The zero-order valence-corrected chi connectivity index (χ0v) is 23.9. The molecule has 0 aromatic heterocycles. The van der Waals surface area contributed by atoms with Gasteiger partial charge in [0, 0.05) is 25.2 Å². The van der Waals surface area contributed by atoms with E-state index in [9.17, 15) is 29.1 Å². The Morgan fingerprint density at radius 3 is 2.07 bits per heavy atom. The van der Waals surface area contributed by atoms with Crippen LogP contribution in [0.5, 0.6) is 0 Å². The van der Waals surface area contributed by atoms with Crippen molar-refractivity contribution in [1.29, 1.82) is 5.41 Å². The molecule has 0 saturated carbocycles. The first kappa shape index (κ1) is 31.2. The van der Waals surface area contributed by atoms with Crippen molar-refractivity contribution in [2.24, 2.45) is 5.73 Å². The molecule has 0 radical (unpaired) electrons. The van der Waals surface area contributed by atoms with Crippen LogP contribution in [0.4, 0.5) is 9.59 Å². The van der Waals surface area contributed by atoms with E-state index in [-0.39, 0.29) is 18.9 Å². The van der Waals surface area contributed by atoms with Crippen LogP contribution in [0.2, 0.25) is 0 Å². The number of hydrogen-bond donors (Lipinski definition) is 6. The fourth-order valence-electron chi connectivity index (χ4n) is 4.79. The number of urea groups is 2. The first-order valence-electron chi connectivity index (χ1n) is 13.7. The number of amides is 6. The van der Waals surface area contributed by atoms with Crippen molar-refractivity contribution < 1.29 is 29.1 Å². The molecule has 13 nitrogen and oxygen atoms in total. The van der Waals surface area contributed by atoms with Gasteiger partial charge in [0.1, 0.15) is 24.0 Å². The molecule has 4 rings (SSSR count). The molecule has 7 N–H and O–H groups in total. The van der Waals surface area contributed by atoms with Crippen LogP contribution in [0.25, 0.3) is 0 Å². The van der Waals surface area contributed by atoms with E-state index < -0.39 is 54.5 Å². The minimum Gasteiger partial charge on any atom is -0.480 e. The number of imide groups is 1. The summed E-state index contributed by atoms with van der Waals surface area (Å²) in [5, 5.41) is 24.5. The molecule has 1 fully saturated rings. The normalized spacial score (nSPS) is 16.8. The number of carbonyl (C=O) groups is 5. The van der Waals surface area contributed by atoms with Gasteiger partial charge in [-0.2, -0.15) is 0 Å². The van der Waals surface area contributed by atoms with Crippen molar-refractivity contribution in [3.05, 3.63) is 107 Å². The first-order chi connectivity index (χ1) is 21.0. The number of benzene rings is 3. The van der Waals surface area contributed by atoms with Crippen molar-refractivity contribution >= 4 is 35.7 Å². The molecule has 1 heterocycles. The second-order valence-electron chi connectivity index (χ2n) is 10.3. The Kier molecular flexibility index (Phi) is 9.58. The zero-order valence-electron chi connectivity index (χ0n) is 23.9. The number of hydrogen-bond acceptors (Lipinski definition) is 6. The van der Waals surface area contributed by atoms with Gasteiger partial charge in [-0.1, -0.05) is 84.9 Å². The molecule has 3 aromatic carbocycles. The summed E-state index contributed by atoms with van der Waals surface area (Å²) in [6, 6.07) is 21.5. The van der Waals surface area contributed by atoms with E-state index in [1.807, 2.05) is 12.1 Å². The number of carboxylic acid groups (broad SMARTS) is 1. The van der Waals surface area contributed by atoms with Gasteiger partial charge >= 0.3 is 18.0 Å². The molecule has 2 atom stereocenters. The quantitative estimate of drug-likeness (QED) is 0.103. The largest absolute Gasteiger partial charge is 0.480 e. The van der Waals surface area contributed by atoms with E-state index in [0.717, 1.165) is 16.0 Å². The molecule has 1 aliphatic rings. The van der Waals surface area contributed by atoms with E-state index in [0.29, 0.717) is 11.1 Å². The van der Waals surface area contributed by atoms with Crippen LogP contribution in [-0.2, 0) is 33.0 Å². The molecule has 0 bridgehead atoms. The maximum atomic E-state index is 13.8. The summed E-state index contributed by atoms with van der Waals surface area (Å²) in [7, 11) is 0. The lowest BCUT2D eigenvalue weighted by Crippen LogP contribution is -2.52. The molecule has 44 heavy (non-hydrogen) atoms. The summed E-state index contributed by atoms with van der Waals surface area (Å²) in [6.45, 7) is 0.657. The number of aliphatic carboxylic acids is 1. The first-order valence-corrected chi connectivity index (χ1v) is 13.7. The van der Waals surface area contributed by atoms with Crippen molar-refractivity contribution in [1.82, 2.24) is 25.8 Å². The lowest BCUT2D eigenvalue weighted by atomic mass is 9.89. The number of nitrogens with zero attached hydrogens (tertiary/aromatic N) is 2. The Hall–Kier alpha value is -5.72. The highest BCUT2D eigenvalue weighted by Gasteiger charge is 2.55. The number of nitrogens with two attached hydrogens (primary N) is 1. The maximum Gasteiger partial charge on any atom is 0.328 e. The Labute approximate surface area is 253 Å². The third-order valence-corrected chi connectivity index (χ3v) is 7.31. The topological polar surface area (TPSA) is 198 Å². The summed E-state index contributed by atoms with van der Waals surface area (Å²) < 4.78 is 0. The fourth-order valence-corrected chi connectivity index (χ4v) is 4.79. The monoisotopic (exact) mass is 599 g/mol. The highest BCUT2D eigenvalue weighted by atomic mass is 16.4. The molecule has 1 aliphatic heterocycles. The summed E-state index contributed by atoms with van der Waals surface area (Å²) >= 11 is 0. The van der Waals surface area contributed by atoms with Crippen LogP contribution in [0, 0.1) is 5.41 Å². The van der Waals surface area contributed by atoms with E-state index >= 15 is 0 Å². The standard InChI is InChI=1S/C31H33N7O6/c1-31(23-14-12-22(13-15-23)26(32)33)28(42)37(30(44)38(31)18-21-10-6-3-7-11-21)19-25(39)34-17-24(27(40)41)36-29(43)35-16-20-8-4-2-5-9-20/h2-15,24H,16-19H2,1H3,(H3,32,33)(H,34,39)(H,40,41)(H2,35,36,43)/t24-,31-/m0/s1. The second-order valence-corrected chi connectivity index (χ2v) is 10.3. The van der Waals surface area contributed by atoms with Crippen molar-refractivity contribution in [3.63, 3.8) is 0 Å². The van der Waals surface area contributed by atoms with Crippen LogP contribution in [0.15, 0.2) is 84.9 Å². The van der Waals surface area contributed by atoms with Gasteiger partial charge in [-0.3, -0.25) is 19.9 Å². The number of nitrogens with one attached hydrogen (secondary N) is 4. The predicted molar refractivity (Wildman–Crippen MR) is 160 cm³/mol. The van der Waals surface area contributed by atoms with Crippen LogP contribution in [-0.4, -0.2) is 69.7 Å². The third-order valence-electron chi connectivity index (χ3n) is 7.31. The molecule has 13 heteroatoms. The van der Waals surface area contributed by atoms with E-state index in [2.05, 4.69) is 16.0 Å². The van der Waals surface area contributed by atoms with Gasteiger partial charge in [0.15, 0.2) is 0 Å². The summed E-state index contributed by atoms with van der Waals surface area (Å²) in [6.07, 6.45) is 0. The fraction of sp³-hybridized carbons (Fsp3) is 0.226. The van der Waals surface area contributed by atoms with Gasteiger partial charge in [0.05, 0.1) is 0 Å². The molecule has 0 unspecified atom stereocenters. The van der Waals surface area contributed by atoms with Gasteiger partial charge in [0.25, 0.3) is 5.91 Å².